The van der Waals surface area contributed by atoms with Crippen molar-refractivity contribution in [3.8, 4) is 0 Å². The molecule has 0 unspecified atom stereocenters. The van der Waals surface area contributed by atoms with E-state index >= 15 is 0 Å². The quantitative estimate of drug-likeness (QED) is 0.604. The van der Waals surface area contributed by atoms with Crippen LogP contribution in [0.3, 0.4) is 0 Å². The van der Waals surface area contributed by atoms with E-state index in [9.17, 15) is 23.6 Å². The maximum Gasteiger partial charge on any atom is 0.311 e. The van der Waals surface area contributed by atoms with E-state index in [4.69, 9.17) is 4.74 Å². The van der Waals surface area contributed by atoms with Gasteiger partial charge < -0.3 is 15.0 Å². The second-order valence-electron chi connectivity index (χ2n) is 7.40. The molecule has 2 aromatic carbocycles. The third-order valence-electron chi connectivity index (χ3n) is 5.44. The van der Waals surface area contributed by atoms with Gasteiger partial charge in [0.2, 0.25) is 11.8 Å². The Morgan fingerprint density at radius 3 is 2.73 bits per heavy atom. The molecule has 7 nitrogen and oxygen atoms in total. The van der Waals surface area contributed by atoms with Crippen LogP contribution in [0.4, 0.5) is 15.8 Å². The monoisotopic (exact) mass is 410 g/mol. The first-order valence-electron chi connectivity index (χ1n) is 9.54. The van der Waals surface area contributed by atoms with Crippen LogP contribution < -0.4 is 10.2 Å². The molecule has 1 saturated heterocycles. The molecule has 2 atom stereocenters. The lowest BCUT2D eigenvalue weighted by atomic mass is 9.99. The van der Waals surface area contributed by atoms with Gasteiger partial charge in [0.05, 0.1) is 17.5 Å². The highest BCUT2D eigenvalue weighted by Crippen LogP contribution is 2.33. The minimum absolute atomic E-state index is 0.00304. The Morgan fingerprint density at radius 2 is 1.97 bits per heavy atom. The van der Waals surface area contributed by atoms with Crippen molar-refractivity contribution in [1.82, 2.24) is 0 Å². The summed E-state index contributed by atoms with van der Waals surface area (Å²) in [6.45, 7) is 1.27. The molecule has 0 saturated carbocycles. The molecule has 154 valence electrons. The predicted molar refractivity (Wildman–Crippen MR) is 106 cm³/mol. The maximum atomic E-state index is 14.0. The molecule has 2 aliphatic heterocycles. The Morgan fingerprint density at radius 1 is 1.20 bits per heavy atom. The summed E-state index contributed by atoms with van der Waals surface area (Å²) in [5.74, 6) is -3.27. The number of esters is 1. The largest absolute Gasteiger partial charge is 0.457 e. The van der Waals surface area contributed by atoms with E-state index in [2.05, 4.69) is 5.32 Å². The topological polar surface area (TPSA) is 92.8 Å². The van der Waals surface area contributed by atoms with Crippen LogP contribution in [-0.2, 0) is 19.1 Å². The van der Waals surface area contributed by atoms with Gasteiger partial charge >= 0.3 is 5.97 Å². The van der Waals surface area contributed by atoms with E-state index in [-0.39, 0.29) is 36.4 Å². The fourth-order valence-corrected chi connectivity index (χ4v) is 3.70. The molecule has 0 radical (unpaired) electrons. The van der Waals surface area contributed by atoms with Crippen LogP contribution in [0.15, 0.2) is 42.5 Å². The molecule has 2 aromatic rings. The maximum absolute atomic E-state index is 14.0. The van der Waals surface area contributed by atoms with Crippen LogP contribution in [0.5, 0.6) is 0 Å². The first kappa shape index (κ1) is 19.8. The molecule has 2 heterocycles. The number of hydrogen-bond acceptors (Lipinski definition) is 5. The predicted octanol–water partition coefficient (Wildman–Crippen LogP) is 2.66. The average Bonchev–Trinajstić information content (AvgIpc) is 3.25. The lowest BCUT2D eigenvalue weighted by Gasteiger charge is -2.17. The van der Waals surface area contributed by atoms with Crippen molar-refractivity contribution < 1.29 is 28.3 Å². The van der Waals surface area contributed by atoms with Gasteiger partial charge in [-0.3, -0.25) is 19.2 Å². The normalized spacial score (nSPS) is 20.1. The van der Waals surface area contributed by atoms with Crippen LogP contribution in [0.2, 0.25) is 0 Å². The number of halogens is 1. The highest BCUT2D eigenvalue weighted by atomic mass is 19.1. The van der Waals surface area contributed by atoms with Gasteiger partial charge in [0.15, 0.2) is 12.4 Å². The van der Waals surface area contributed by atoms with Gasteiger partial charge in [-0.15, -0.1) is 0 Å². The van der Waals surface area contributed by atoms with Gasteiger partial charge in [-0.05, 0) is 42.8 Å². The summed E-state index contributed by atoms with van der Waals surface area (Å²) in [5.41, 5.74) is 1.84. The van der Waals surface area contributed by atoms with Crippen LogP contribution in [0, 0.1) is 11.7 Å². The summed E-state index contributed by atoms with van der Waals surface area (Å²) in [6.07, 6.45) is -0.106. The number of hydrogen-bond donors (Lipinski definition) is 1. The highest BCUT2D eigenvalue weighted by molar-refractivity contribution is 6.05. The third kappa shape index (κ3) is 3.56. The van der Waals surface area contributed by atoms with E-state index in [0.717, 1.165) is 5.56 Å². The second kappa shape index (κ2) is 7.70. The number of fused-ring (bicyclic) bond motifs is 1. The fraction of sp³-hybridized carbons (Fsp3) is 0.273. The fourth-order valence-electron chi connectivity index (χ4n) is 3.70. The number of carbonyl (C=O) groups is 4. The van der Waals surface area contributed by atoms with Crippen molar-refractivity contribution in [3.05, 3.63) is 59.4 Å². The SMILES string of the molecule is C[C@@H]1C(=O)Nc2ccc(C(=O)COC(=O)[C@@H]3CC(=O)N(c4ccccc4F)C3)cc21. The Bertz CT molecular complexity index is 1070. The molecular weight excluding hydrogens is 391 g/mol. The summed E-state index contributed by atoms with van der Waals surface area (Å²) in [7, 11) is 0. The minimum Gasteiger partial charge on any atom is -0.457 e. The summed E-state index contributed by atoms with van der Waals surface area (Å²) in [5, 5.41) is 2.73. The Hall–Kier alpha value is -3.55. The van der Waals surface area contributed by atoms with E-state index in [1.165, 1.54) is 23.1 Å². The van der Waals surface area contributed by atoms with Gasteiger partial charge in [-0.25, -0.2) is 4.39 Å². The Balaban J connectivity index is 1.37. The van der Waals surface area contributed by atoms with Crippen molar-refractivity contribution in [2.75, 3.05) is 23.4 Å². The number of Topliss-reactive ketones (excluding diaryl/α,β-unsaturated/α-hetero) is 1. The van der Waals surface area contributed by atoms with Crippen LogP contribution in [0.1, 0.15) is 35.2 Å². The highest BCUT2D eigenvalue weighted by Gasteiger charge is 2.37. The molecule has 0 spiro atoms. The average molecular weight is 410 g/mol. The Labute approximate surface area is 171 Å². The summed E-state index contributed by atoms with van der Waals surface area (Å²) in [4.78, 5) is 50.0. The van der Waals surface area contributed by atoms with Crippen LogP contribution in [0.25, 0.3) is 0 Å². The van der Waals surface area contributed by atoms with Crippen LogP contribution >= 0.6 is 0 Å². The van der Waals surface area contributed by atoms with Gasteiger partial charge in [0.25, 0.3) is 0 Å². The number of carbonyl (C=O) groups excluding carboxylic acids is 4. The molecular formula is C22H19FN2O5. The van der Waals surface area contributed by atoms with Gasteiger partial charge in [-0.2, -0.15) is 0 Å². The molecule has 2 amide bonds. The van der Waals surface area contributed by atoms with Crippen molar-refractivity contribution in [3.63, 3.8) is 0 Å². The van der Waals surface area contributed by atoms with E-state index in [1.54, 1.807) is 31.2 Å². The number of ketones is 1. The zero-order chi connectivity index (χ0) is 21.4. The minimum atomic E-state index is -0.772. The summed E-state index contributed by atoms with van der Waals surface area (Å²) >= 11 is 0. The molecule has 0 bridgehead atoms. The van der Waals surface area contributed by atoms with Gasteiger partial charge in [0, 0.05) is 24.2 Å². The van der Waals surface area contributed by atoms with Crippen molar-refractivity contribution in [2.45, 2.75) is 19.3 Å². The lowest BCUT2D eigenvalue weighted by Crippen LogP contribution is -2.27. The smallest absolute Gasteiger partial charge is 0.311 e. The number of amides is 2. The van der Waals surface area contributed by atoms with Crippen LogP contribution in [-0.4, -0.2) is 36.7 Å². The standard InChI is InChI=1S/C22H19FN2O5/c1-12-15-8-13(6-7-17(15)24-21(12)28)19(26)11-30-22(29)14-9-20(27)25(10-14)18-5-3-2-4-16(18)23/h2-8,12,14H,9-11H2,1H3,(H,24,28)/t12-,14+/m0/s1. The molecule has 0 aromatic heterocycles. The lowest BCUT2D eigenvalue weighted by molar-refractivity contribution is -0.147. The first-order chi connectivity index (χ1) is 14.3. The van der Waals surface area contributed by atoms with Gasteiger partial charge in [0.1, 0.15) is 5.82 Å². The molecule has 2 aliphatic rings. The van der Waals surface area contributed by atoms with E-state index < -0.39 is 30.1 Å². The number of nitrogens with zero attached hydrogens (tertiary/aromatic N) is 1. The molecule has 1 N–H and O–H groups in total. The number of para-hydroxylation sites is 1. The second-order valence-corrected chi connectivity index (χ2v) is 7.40. The number of nitrogens with one attached hydrogen (secondary N) is 1. The summed E-state index contributed by atoms with van der Waals surface area (Å²) < 4.78 is 19.1. The molecule has 1 fully saturated rings. The first-order valence-corrected chi connectivity index (χ1v) is 9.54. The molecule has 8 heteroatoms. The number of benzene rings is 2. The van der Waals surface area contributed by atoms with Crippen molar-refractivity contribution >= 4 is 34.9 Å². The van der Waals surface area contributed by atoms with E-state index in [1.807, 2.05) is 0 Å². The summed E-state index contributed by atoms with van der Waals surface area (Å²) in [6, 6.07) is 10.7. The van der Waals surface area contributed by atoms with Gasteiger partial charge in [-0.1, -0.05) is 12.1 Å². The number of rotatable bonds is 5. The zero-order valence-corrected chi connectivity index (χ0v) is 16.2. The van der Waals surface area contributed by atoms with Crippen molar-refractivity contribution in [2.24, 2.45) is 5.92 Å². The third-order valence-corrected chi connectivity index (χ3v) is 5.44. The number of anilines is 2. The Kier molecular flexibility index (Phi) is 5.07. The van der Waals surface area contributed by atoms with E-state index in [0.29, 0.717) is 11.3 Å². The number of ether oxygens (including phenoxy) is 1. The molecule has 0 aliphatic carbocycles. The molecule has 4 rings (SSSR count). The molecule has 30 heavy (non-hydrogen) atoms. The zero-order valence-electron chi connectivity index (χ0n) is 16.2. The van der Waals surface area contributed by atoms with Crippen molar-refractivity contribution in [1.29, 1.82) is 0 Å².